The van der Waals surface area contributed by atoms with E-state index in [1.165, 1.54) is 6.92 Å². The normalized spacial score (nSPS) is 14.9. The van der Waals surface area contributed by atoms with Crippen LogP contribution in [0.2, 0.25) is 0 Å². The van der Waals surface area contributed by atoms with Gasteiger partial charge >= 0.3 is 5.97 Å². The third-order valence-electron chi connectivity index (χ3n) is 10.1. The first-order valence-corrected chi connectivity index (χ1v) is 21.8. The van der Waals surface area contributed by atoms with Gasteiger partial charge in [-0.2, -0.15) is 0 Å². The Bertz CT molecular complexity index is 1750. The first-order chi connectivity index (χ1) is 31.4. The fraction of sp³-hybridized carbons (Fsp3) is 0.692. The first kappa shape index (κ1) is 60.3. The van der Waals surface area contributed by atoms with Gasteiger partial charge in [-0.3, -0.25) is 57.7 Å². The number of amides is 10. The fourth-order valence-corrected chi connectivity index (χ4v) is 6.09. The number of carboxylic acid groups (broad SMARTS) is 1. The van der Waals surface area contributed by atoms with Crippen LogP contribution in [0.1, 0.15) is 97.8 Å². The van der Waals surface area contributed by atoms with E-state index in [0.717, 1.165) is 0 Å². The highest BCUT2D eigenvalue weighted by Gasteiger charge is 2.36. The Balaban J connectivity index is 6.63. The monoisotopic (exact) mass is 957 g/mol. The number of aliphatic carboxylic acids is 1. The van der Waals surface area contributed by atoms with Gasteiger partial charge < -0.3 is 88.2 Å². The van der Waals surface area contributed by atoms with E-state index in [2.05, 4.69) is 42.2 Å². The Morgan fingerprint density at radius 2 is 0.866 bits per heavy atom. The number of nitrogens with two attached hydrogens (primary N) is 8. The van der Waals surface area contributed by atoms with Crippen LogP contribution < -0.4 is 83.1 Å². The number of nitrogens with one attached hydrogen (secondary N) is 7. The SMILES string of the molecule is CC[C@H](C)[C@H](NC(=O)[C@H](CC(N)=O)NC(=O)[C@H](CCCCN)NC(=O)[C@H](CC(N)=O)NC(=O)[C@H](CC(N)=O)NC(=O)[C@H](CCCN=C(N)N)NC(=O)[C@@H](N)CCCCN)C(=O)N[C@@H](C)C(=O)O. The lowest BCUT2D eigenvalue weighted by molar-refractivity contribution is -0.142. The standard InChI is InChI=1S/C39H72N16O12/c1-4-19(2)30(37(65)49-20(3)38(66)67)55-36(64)26(18-29(45)58)53-32(60)22(11-6-8-14-41)51-34(62)24(16-27(43)56)54-35(63)25(17-28(44)57)52-33(61)23(12-9-15-48-39(46)47)50-31(59)21(42)10-5-7-13-40/h19-26,30H,4-18,40-42H2,1-3H3,(H2,43,56)(H2,44,57)(H2,45,58)(H,49,65)(H,50,59)(H,51,62)(H,52,61)(H,53,60)(H,54,63)(H,55,64)(H,66,67)(H4,46,47,48)/t19-,20-,21-,22-,23-,24-,25-,26-,30-/m0/s1. The molecule has 0 fully saturated rings. The zero-order valence-corrected chi connectivity index (χ0v) is 38.3. The van der Waals surface area contributed by atoms with E-state index in [4.69, 9.17) is 45.9 Å². The Morgan fingerprint density at radius 3 is 1.25 bits per heavy atom. The maximum atomic E-state index is 13.8. The number of rotatable bonds is 35. The van der Waals surface area contributed by atoms with Gasteiger partial charge in [0.2, 0.25) is 59.1 Å². The van der Waals surface area contributed by atoms with Gasteiger partial charge in [0, 0.05) is 6.54 Å². The lowest BCUT2D eigenvalue weighted by Crippen LogP contribution is -2.61. The summed E-state index contributed by atoms with van der Waals surface area (Å²) < 4.78 is 0. The number of hydrogen-bond donors (Lipinski definition) is 16. The number of carbonyl (C=O) groups is 11. The zero-order chi connectivity index (χ0) is 51.4. The largest absolute Gasteiger partial charge is 0.480 e. The van der Waals surface area contributed by atoms with Gasteiger partial charge in [0.05, 0.1) is 25.3 Å². The van der Waals surface area contributed by atoms with Crippen molar-refractivity contribution in [3.05, 3.63) is 0 Å². The van der Waals surface area contributed by atoms with E-state index in [1.807, 2.05) is 0 Å². The molecule has 9 atom stereocenters. The quantitative estimate of drug-likeness (QED) is 0.0159. The van der Waals surface area contributed by atoms with Crippen molar-refractivity contribution in [3.8, 4) is 0 Å². The molecule has 0 aliphatic rings. The first-order valence-electron chi connectivity index (χ1n) is 21.8. The molecule has 24 N–H and O–H groups in total. The van der Waals surface area contributed by atoms with Crippen molar-refractivity contribution in [3.63, 3.8) is 0 Å². The second-order valence-corrected chi connectivity index (χ2v) is 15.9. The molecule has 28 heteroatoms. The molecule has 0 aromatic carbocycles. The topological polar surface area (TPSA) is 513 Å². The van der Waals surface area contributed by atoms with Gasteiger partial charge in [0.25, 0.3) is 0 Å². The van der Waals surface area contributed by atoms with E-state index >= 15 is 0 Å². The van der Waals surface area contributed by atoms with Crippen LogP contribution in [0.15, 0.2) is 4.99 Å². The number of carboxylic acids is 1. The van der Waals surface area contributed by atoms with Crippen molar-refractivity contribution >= 4 is 71.0 Å². The maximum Gasteiger partial charge on any atom is 0.325 e. The molecule has 0 aliphatic heterocycles. The van der Waals surface area contributed by atoms with Gasteiger partial charge in [-0.1, -0.05) is 26.7 Å². The van der Waals surface area contributed by atoms with E-state index < -0.39 is 139 Å². The molecule has 0 aliphatic carbocycles. The molecular weight excluding hydrogens is 885 g/mol. The highest BCUT2D eigenvalue weighted by Crippen LogP contribution is 2.11. The van der Waals surface area contributed by atoms with Crippen molar-refractivity contribution in [1.82, 2.24) is 37.2 Å². The average Bonchev–Trinajstić information content (AvgIpc) is 3.24. The van der Waals surface area contributed by atoms with Crippen LogP contribution in [0.4, 0.5) is 0 Å². The van der Waals surface area contributed by atoms with E-state index in [0.29, 0.717) is 32.2 Å². The number of carbonyl (C=O) groups excluding carboxylic acids is 10. The van der Waals surface area contributed by atoms with Crippen LogP contribution in [-0.4, -0.2) is 144 Å². The van der Waals surface area contributed by atoms with Crippen LogP contribution in [0.5, 0.6) is 0 Å². The summed E-state index contributed by atoms with van der Waals surface area (Å²) in [5.41, 5.74) is 44.1. The second-order valence-electron chi connectivity index (χ2n) is 15.9. The van der Waals surface area contributed by atoms with Crippen LogP contribution in [0.25, 0.3) is 0 Å². The van der Waals surface area contributed by atoms with Gasteiger partial charge in [0.1, 0.15) is 42.3 Å². The third-order valence-corrected chi connectivity index (χ3v) is 10.1. The fourth-order valence-electron chi connectivity index (χ4n) is 6.09. The Hall–Kier alpha value is -6.68. The Morgan fingerprint density at radius 1 is 0.493 bits per heavy atom. The molecule has 10 amide bonds. The van der Waals surface area contributed by atoms with Gasteiger partial charge in [0.15, 0.2) is 5.96 Å². The molecule has 0 radical (unpaired) electrons. The number of unbranched alkanes of at least 4 members (excludes halogenated alkanes) is 2. The molecule has 0 saturated carbocycles. The predicted molar refractivity (Wildman–Crippen MR) is 241 cm³/mol. The number of guanidine groups is 1. The molecule has 0 bridgehead atoms. The van der Waals surface area contributed by atoms with E-state index in [1.54, 1.807) is 13.8 Å². The summed E-state index contributed by atoms with van der Waals surface area (Å²) in [4.78, 5) is 146. The Kier molecular flexibility index (Phi) is 28.9. The van der Waals surface area contributed by atoms with Crippen molar-refractivity contribution in [2.24, 2.45) is 56.8 Å². The number of aliphatic imine (C=N–C) groups is 1. The van der Waals surface area contributed by atoms with Crippen molar-refractivity contribution in [2.75, 3.05) is 19.6 Å². The molecule has 0 aromatic heterocycles. The Labute approximate surface area is 388 Å². The number of hydrogen-bond acceptors (Lipinski definition) is 15. The van der Waals surface area contributed by atoms with Crippen LogP contribution in [0, 0.1) is 5.92 Å². The average molecular weight is 957 g/mol. The molecule has 0 spiro atoms. The summed E-state index contributed by atoms with van der Waals surface area (Å²) in [6, 6.07) is -12.0. The van der Waals surface area contributed by atoms with Crippen molar-refractivity contribution in [1.29, 1.82) is 0 Å². The van der Waals surface area contributed by atoms with E-state index in [9.17, 15) is 57.8 Å². The summed E-state index contributed by atoms with van der Waals surface area (Å²) >= 11 is 0. The molecule has 0 rings (SSSR count). The molecule has 0 heterocycles. The zero-order valence-electron chi connectivity index (χ0n) is 38.3. The summed E-state index contributed by atoms with van der Waals surface area (Å²) in [7, 11) is 0. The van der Waals surface area contributed by atoms with Gasteiger partial charge in [-0.15, -0.1) is 0 Å². The summed E-state index contributed by atoms with van der Waals surface area (Å²) in [6.07, 6.45) is -0.446. The smallest absolute Gasteiger partial charge is 0.325 e. The summed E-state index contributed by atoms with van der Waals surface area (Å²) in [6.45, 7) is 5.04. The number of nitrogens with zero attached hydrogens (tertiary/aromatic N) is 1. The minimum absolute atomic E-state index is 0.0386. The van der Waals surface area contributed by atoms with Crippen molar-refractivity contribution < 1.29 is 57.8 Å². The molecule has 28 nitrogen and oxygen atoms in total. The lowest BCUT2D eigenvalue weighted by atomic mass is 9.97. The third kappa shape index (κ3) is 25.0. The molecule has 0 unspecified atom stereocenters. The van der Waals surface area contributed by atoms with E-state index in [-0.39, 0.29) is 51.2 Å². The highest BCUT2D eigenvalue weighted by molar-refractivity contribution is 6.00. The van der Waals surface area contributed by atoms with Gasteiger partial charge in [-0.25, -0.2) is 0 Å². The van der Waals surface area contributed by atoms with Crippen LogP contribution >= 0.6 is 0 Å². The van der Waals surface area contributed by atoms with Crippen LogP contribution in [0.3, 0.4) is 0 Å². The predicted octanol–water partition coefficient (Wildman–Crippen LogP) is -7.20. The summed E-state index contributed by atoms with van der Waals surface area (Å²) in [5, 5.41) is 25.7. The highest BCUT2D eigenvalue weighted by atomic mass is 16.4. The molecule has 380 valence electrons. The minimum atomic E-state index is -1.86. The minimum Gasteiger partial charge on any atom is -0.480 e. The molecular formula is C39H72N16O12. The maximum absolute atomic E-state index is 13.8. The molecule has 0 aromatic rings. The van der Waals surface area contributed by atoms with Gasteiger partial charge in [-0.05, 0) is 70.9 Å². The van der Waals surface area contributed by atoms with Crippen LogP contribution in [-0.2, 0) is 52.7 Å². The number of primary amides is 3. The molecule has 0 saturated heterocycles. The second kappa shape index (κ2) is 32.1. The van der Waals surface area contributed by atoms with Crippen molar-refractivity contribution in [2.45, 2.75) is 146 Å². The lowest BCUT2D eigenvalue weighted by Gasteiger charge is -2.28. The summed E-state index contributed by atoms with van der Waals surface area (Å²) in [5.74, 6) is -12.5. The molecule has 67 heavy (non-hydrogen) atoms.